The van der Waals surface area contributed by atoms with Crippen LogP contribution in [-0.2, 0) is 14.3 Å². The fourth-order valence-corrected chi connectivity index (χ4v) is 4.85. The Kier molecular flexibility index (Phi) is 5.52. The van der Waals surface area contributed by atoms with Crippen LogP contribution in [0.2, 0.25) is 0 Å². The standard InChI is InChI=1S/C17H29N3O3.ClH/c1-16(2)13-12(7-5-9-23-13)17(16,18)15(22)20-8-4-6-11(10-20)14(21)19-3;/h11-13H,4-10,18H2,1-3H3,(H,19,21);1H. The zero-order chi connectivity index (χ0) is 16.8. The van der Waals surface area contributed by atoms with Crippen molar-refractivity contribution < 1.29 is 14.3 Å². The summed E-state index contributed by atoms with van der Waals surface area (Å²) in [4.78, 5) is 27.0. The third-order valence-corrected chi connectivity index (χ3v) is 6.36. The third kappa shape index (κ3) is 2.63. The lowest BCUT2D eigenvalue weighted by Gasteiger charge is -2.66. The highest BCUT2D eigenvalue weighted by Gasteiger charge is 2.70. The minimum atomic E-state index is -0.872. The Bertz CT molecular complexity index is 513. The second-order valence-corrected chi connectivity index (χ2v) is 7.84. The number of hydrogen-bond donors (Lipinski definition) is 2. The van der Waals surface area contributed by atoms with Gasteiger partial charge in [-0.15, -0.1) is 12.4 Å². The van der Waals surface area contributed by atoms with E-state index < -0.39 is 5.54 Å². The molecule has 6 nitrogen and oxygen atoms in total. The Morgan fingerprint density at radius 1 is 1.25 bits per heavy atom. The van der Waals surface area contributed by atoms with E-state index in [0.717, 1.165) is 32.3 Å². The quantitative estimate of drug-likeness (QED) is 0.768. The van der Waals surface area contributed by atoms with Crippen LogP contribution in [0.15, 0.2) is 0 Å². The second-order valence-electron chi connectivity index (χ2n) is 7.84. The van der Waals surface area contributed by atoms with Gasteiger partial charge in [0.15, 0.2) is 0 Å². The van der Waals surface area contributed by atoms with Crippen molar-refractivity contribution in [2.24, 2.45) is 23.0 Å². The van der Waals surface area contributed by atoms with Gasteiger partial charge in [-0.25, -0.2) is 0 Å². The molecule has 0 bridgehead atoms. The van der Waals surface area contributed by atoms with E-state index in [1.165, 1.54) is 0 Å². The van der Waals surface area contributed by atoms with Crippen LogP contribution in [0.5, 0.6) is 0 Å². The van der Waals surface area contributed by atoms with E-state index in [0.29, 0.717) is 13.1 Å². The summed E-state index contributed by atoms with van der Waals surface area (Å²) in [5, 5.41) is 2.69. The minimum absolute atomic E-state index is 0. The van der Waals surface area contributed by atoms with Crippen LogP contribution in [0, 0.1) is 17.3 Å². The number of nitrogens with one attached hydrogen (secondary N) is 1. The average Bonchev–Trinajstić information content (AvgIpc) is 2.59. The summed E-state index contributed by atoms with van der Waals surface area (Å²) in [5.41, 5.74) is 5.45. The Labute approximate surface area is 150 Å². The summed E-state index contributed by atoms with van der Waals surface area (Å²) in [7, 11) is 1.65. The van der Waals surface area contributed by atoms with Crippen molar-refractivity contribution in [3.8, 4) is 0 Å². The van der Waals surface area contributed by atoms with Gasteiger partial charge >= 0.3 is 0 Å². The van der Waals surface area contributed by atoms with Crippen molar-refractivity contribution in [3.05, 3.63) is 0 Å². The lowest BCUT2D eigenvalue weighted by Crippen LogP contribution is -2.82. The van der Waals surface area contributed by atoms with E-state index in [2.05, 4.69) is 5.32 Å². The molecule has 0 aromatic rings. The lowest BCUT2D eigenvalue weighted by molar-refractivity contribution is -0.230. The molecule has 3 N–H and O–H groups in total. The van der Waals surface area contributed by atoms with Gasteiger partial charge in [-0.2, -0.15) is 0 Å². The number of rotatable bonds is 2. The molecule has 0 aromatic carbocycles. The first kappa shape index (κ1) is 19.5. The van der Waals surface area contributed by atoms with Crippen LogP contribution in [0.25, 0.3) is 0 Å². The van der Waals surface area contributed by atoms with Gasteiger partial charge < -0.3 is 20.7 Å². The number of amides is 2. The van der Waals surface area contributed by atoms with Gasteiger partial charge in [-0.05, 0) is 25.7 Å². The van der Waals surface area contributed by atoms with E-state index in [1.54, 1.807) is 7.05 Å². The fourth-order valence-electron chi connectivity index (χ4n) is 4.85. The Morgan fingerprint density at radius 2 is 1.96 bits per heavy atom. The molecule has 2 heterocycles. The maximum absolute atomic E-state index is 13.2. The molecule has 1 aliphatic carbocycles. The normalized spacial score (nSPS) is 37.5. The topological polar surface area (TPSA) is 84.7 Å². The van der Waals surface area contributed by atoms with Crippen LogP contribution in [0.3, 0.4) is 0 Å². The molecule has 4 unspecified atom stereocenters. The molecule has 0 aromatic heterocycles. The SMILES string of the molecule is CNC(=O)C1CCCN(C(=O)C2(N)C3CCCOC3C2(C)C)C1.Cl. The van der Waals surface area contributed by atoms with Crippen LogP contribution >= 0.6 is 12.4 Å². The van der Waals surface area contributed by atoms with Gasteiger partial charge in [-0.3, -0.25) is 9.59 Å². The summed E-state index contributed by atoms with van der Waals surface area (Å²) in [6.45, 7) is 6.01. The predicted molar refractivity (Wildman–Crippen MR) is 93.8 cm³/mol. The first-order valence-electron chi connectivity index (χ1n) is 8.75. The molecule has 7 heteroatoms. The number of nitrogens with two attached hydrogens (primary N) is 1. The van der Waals surface area contributed by atoms with Crippen molar-refractivity contribution in [1.29, 1.82) is 0 Å². The van der Waals surface area contributed by atoms with E-state index in [9.17, 15) is 9.59 Å². The third-order valence-electron chi connectivity index (χ3n) is 6.36. The van der Waals surface area contributed by atoms with E-state index in [4.69, 9.17) is 10.5 Å². The maximum atomic E-state index is 13.2. The highest BCUT2D eigenvalue weighted by atomic mass is 35.5. The summed E-state index contributed by atoms with van der Waals surface area (Å²) < 4.78 is 5.89. The molecule has 0 radical (unpaired) electrons. The van der Waals surface area contributed by atoms with Crippen LogP contribution in [0.1, 0.15) is 39.5 Å². The van der Waals surface area contributed by atoms with Crippen molar-refractivity contribution in [2.45, 2.75) is 51.2 Å². The van der Waals surface area contributed by atoms with Crippen LogP contribution in [0.4, 0.5) is 0 Å². The molecule has 4 atom stereocenters. The van der Waals surface area contributed by atoms with Gasteiger partial charge in [0.1, 0.15) is 5.54 Å². The zero-order valence-electron chi connectivity index (χ0n) is 14.8. The molecule has 3 rings (SSSR count). The van der Waals surface area contributed by atoms with Crippen LogP contribution < -0.4 is 11.1 Å². The molecule has 1 saturated carbocycles. The molecule has 138 valence electrons. The van der Waals surface area contributed by atoms with Crippen molar-refractivity contribution >= 4 is 24.2 Å². The van der Waals surface area contributed by atoms with Gasteiger partial charge in [0.2, 0.25) is 11.8 Å². The molecule has 0 spiro atoms. The molecule has 24 heavy (non-hydrogen) atoms. The summed E-state index contributed by atoms with van der Waals surface area (Å²) in [6, 6.07) is 0. The molecular formula is C17H30ClN3O3. The Balaban J connectivity index is 0.00000208. The lowest BCUT2D eigenvalue weighted by atomic mass is 9.46. The summed E-state index contributed by atoms with van der Waals surface area (Å²) in [5.74, 6) is -0.00908. The minimum Gasteiger partial charge on any atom is -0.377 e. The second kappa shape index (κ2) is 6.81. The smallest absolute Gasteiger partial charge is 0.243 e. The van der Waals surface area contributed by atoms with Crippen molar-refractivity contribution in [1.82, 2.24) is 10.2 Å². The zero-order valence-corrected chi connectivity index (χ0v) is 15.7. The van der Waals surface area contributed by atoms with Crippen molar-refractivity contribution in [2.75, 3.05) is 26.7 Å². The monoisotopic (exact) mass is 359 g/mol. The Hall–Kier alpha value is -0.850. The molecule has 3 fully saturated rings. The predicted octanol–water partition coefficient (Wildman–Crippen LogP) is 0.925. The largest absolute Gasteiger partial charge is 0.377 e. The van der Waals surface area contributed by atoms with Crippen LogP contribution in [-0.4, -0.2) is 55.1 Å². The van der Waals surface area contributed by atoms with E-state index in [-0.39, 0.29) is 47.6 Å². The number of likely N-dealkylation sites (tertiary alicyclic amines) is 1. The van der Waals surface area contributed by atoms with Gasteiger partial charge in [0.05, 0.1) is 12.0 Å². The first-order chi connectivity index (χ1) is 10.8. The number of carbonyl (C=O) groups is 2. The van der Waals surface area contributed by atoms with Gasteiger partial charge in [-0.1, -0.05) is 13.8 Å². The van der Waals surface area contributed by atoms with Gasteiger partial charge in [0, 0.05) is 38.1 Å². The molecular weight excluding hydrogens is 330 g/mol. The molecule has 2 aliphatic heterocycles. The average molecular weight is 360 g/mol. The number of nitrogens with zero attached hydrogens (tertiary/aromatic N) is 1. The number of piperidine rings is 1. The Morgan fingerprint density at radius 3 is 2.62 bits per heavy atom. The van der Waals surface area contributed by atoms with E-state index >= 15 is 0 Å². The number of hydrogen-bond acceptors (Lipinski definition) is 4. The van der Waals surface area contributed by atoms with Crippen molar-refractivity contribution in [3.63, 3.8) is 0 Å². The maximum Gasteiger partial charge on any atom is 0.243 e. The summed E-state index contributed by atoms with van der Waals surface area (Å²) in [6.07, 6.45) is 3.67. The first-order valence-corrected chi connectivity index (χ1v) is 8.75. The number of halogens is 1. The molecule has 3 aliphatic rings. The highest BCUT2D eigenvalue weighted by Crippen LogP contribution is 2.58. The molecule has 2 amide bonds. The van der Waals surface area contributed by atoms with E-state index in [1.807, 2.05) is 18.7 Å². The number of ether oxygens (including phenoxy) is 1. The fraction of sp³-hybridized carbons (Fsp3) is 0.882. The number of fused-ring (bicyclic) bond motifs is 1. The van der Waals surface area contributed by atoms with Gasteiger partial charge in [0.25, 0.3) is 0 Å². The molecule has 2 saturated heterocycles. The summed E-state index contributed by atoms with van der Waals surface area (Å²) >= 11 is 0. The highest BCUT2D eigenvalue weighted by molar-refractivity contribution is 5.90. The number of carbonyl (C=O) groups excluding carboxylic acids is 2.